The summed E-state index contributed by atoms with van der Waals surface area (Å²) in [5, 5.41) is 21.2. The number of likely N-dealkylation sites (tertiary alicyclic amines) is 2. The van der Waals surface area contributed by atoms with Crippen LogP contribution in [-0.4, -0.2) is 74.0 Å². The first-order chi connectivity index (χ1) is 22.7. The quantitative estimate of drug-likeness (QED) is 0.225. The number of aromatic nitrogens is 3. The van der Waals surface area contributed by atoms with E-state index in [2.05, 4.69) is 26.5 Å². The molecule has 1 N–H and O–H groups in total. The van der Waals surface area contributed by atoms with Gasteiger partial charge in [-0.3, -0.25) is 14.1 Å². The highest BCUT2D eigenvalue weighted by molar-refractivity contribution is 7.13. The lowest BCUT2D eigenvalue weighted by atomic mass is 9.90. The van der Waals surface area contributed by atoms with Gasteiger partial charge in [-0.25, -0.2) is 18.7 Å². The number of imidazole rings is 1. The summed E-state index contributed by atoms with van der Waals surface area (Å²) in [5.41, 5.74) is 6.57. The van der Waals surface area contributed by atoms with Crippen molar-refractivity contribution in [3.8, 4) is 39.2 Å². The SMILES string of the molecule is CCc1nc2ccc(C3CCN(CC(=O)N4CC(O)C4)CC3)cn2c1-c1ccc(-c2nc(-c3ccc(F)cc3C#N)cs2)c(F)c1C. The molecule has 0 radical (unpaired) electrons. The second kappa shape index (κ2) is 12.6. The van der Waals surface area contributed by atoms with Crippen molar-refractivity contribution in [2.45, 2.75) is 45.1 Å². The number of carbonyl (C=O) groups excluding carboxylic acids is 1. The molecule has 1 amide bonds. The van der Waals surface area contributed by atoms with Crippen molar-refractivity contribution in [1.82, 2.24) is 24.2 Å². The first-order valence-corrected chi connectivity index (χ1v) is 16.8. The van der Waals surface area contributed by atoms with Crippen LogP contribution in [0.25, 0.3) is 38.7 Å². The molecular weight excluding hydrogens is 618 g/mol. The van der Waals surface area contributed by atoms with E-state index in [1.54, 1.807) is 23.3 Å². The Bertz CT molecular complexity index is 2040. The highest BCUT2D eigenvalue weighted by Gasteiger charge is 2.31. The highest BCUT2D eigenvalue weighted by Crippen LogP contribution is 2.38. The topological polar surface area (TPSA) is 97.8 Å². The van der Waals surface area contributed by atoms with Crippen LogP contribution in [0.3, 0.4) is 0 Å². The van der Waals surface area contributed by atoms with Gasteiger partial charge in [0.1, 0.15) is 22.3 Å². The maximum atomic E-state index is 16.2. The summed E-state index contributed by atoms with van der Waals surface area (Å²) in [4.78, 5) is 25.9. The van der Waals surface area contributed by atoms with Gasteiger partial charge < -0.3 is 10.0 Å². The van der Waals surface area contributed by atoms with Gasteiger partial charge in [-0.2, -0.15) is 5.26 Å². The summed E-state index contributed by atoms with van der Waals surface area (Å²) in [6.45, 7) is 6.73. The maximum absolute atomic E-state index is 16.2. The number of amides is 1. The Balaban J connectivity index is 1.15. The molecule has 0 unspecified atom stereocenters. The average Bonchev–Trinajstić information content (AvgIpc) is 3.69. The Morgan fingerprint density at radius 2 is 1.81 bits per heavy atom. The molecule has 8 nitrogen and oxygen atoms in total. The molecular formula is C36H34F2N6O2S. The number of hydrogen-bond acceptors (Lipinski definition) is 7. The third-order valence-corrected chi connectivity index (χ3v) is 10.3. The zero-order valence-corrected chi connectivity index (χ0v) is 27.0. The Kier molecular flexibility index (Phi) is 8.34. The minimum Gasteiger partial charge on any atom is -0.389 e. The van der Waals surface area contributed by atoms with Gasteiger partial charge in [0.15, 0.2) is 0 Å². The van der Waals surface area contributed by atoms with Crippen LogP contribution in [0.15, 0.2) is 54.0 Å². The number of halogens is 2. The average molecular weight is 653 g/mol. The number of aliphatic hydroxyl groups is 1. The normalized spacial score (nSPS) is 16.0. The summed E-state index contributed by atoms with van der Waals surface area (Å²) in [5.74, 6) is -0.456. The van der Waals surface area contributed by atoms with Crippen molar-refractivity contribution in [3.63, 3.8) is 0 Å². The van der Waals surface area contributed by atoms with Crippen LogP contribution in [0, 0.1) is 29.9 Å². The van der Waals surface area contributed by atoms with Crippen LogP contribution < -0.4 is 0 Å². The highest BCUT2D eigenvalue weighted by atomic mass is 32.1. The number of piperidine rings is 1. The summed E-state index contributed by atoms with van der Waals surface area (Å²) in [6.07, 6.45) is 4.29. The molecule has 2 aromatic carbocycles. The molecule has 0 spiro atoms. The Morgan fingerprint density at radius 3 is 2.53 bits per heavy atom. The first kappa shape index (κ1) is 31.1. The Labute approximate surface area is 275 Å². The van der Waals surface area contributed by atoms with E-state index < -0.39 is 5.82 Å². The number of hydrogen-bond donors (Lipinski definition) is 1. The fraction of sp³-hybridized carbons (Fsp3) is 0.333. The standard InChI is InChI=1S/C36H34F2N6O2S/c1-3-30-35(27-7-8-29(34(38)21(27)2)36-41-31(20-47-36)28-6-5-25(37)14-24(28)15-39)44-16-23(4-9-32(44)40-30)22-10-12-42(13-11-22)19-33(46)43-17-26(45)18-43/h4-9,14,16,20,22,26,45H,3,10-13,17-19H2,1-2H3. The van der Waals surface area contributed by atoms with Gasteiger partial charge in [-0.1, -0.05) is 19.1 Å². The molecule has 240 valence electrons. The molecule has 0 bridgehead atoms. The number of fused-ring (bicyclic) bond motifs is 1. The van der Waals surface area contributed by atoms with Crippen molar-refractivity contribution in [2.24, 2.45) is 0 Å². The van der Waals surface area contributed by atoms with E-state index in [0.717, 1.165) is 48.5 Å². The monoisotopic (exact) mass is 652 g/mol. The number of benzene rings is 2. The number of nitrogens with zero attached hydrogens (tertiary/aromatic N) is 6. The number of nitriles is 1. The molecule has 2 saturated heterocycles. The van der Waals surface area contributed by atoms with Crippen LogP contribution in [0.1, 0.15) is 48.1 Å². The van der Waals surface area contributed by atoms with Crippen LogP contribution in [0.4, 0.5) is 8.78 Å². The lowest BCUT2D eigenvalue weighted by Gasteiger charge is -2.38. The minimum atomic E-state index is -0.497. The largest absolute Gasteiger partial charge is 0.389 e. The zero-order chi connectivity index (χ0) is 32.8. The van der Waals surface area contributed by atoms with Crippen molar-refractivity contribution >= 4 is 22.9 Å². The zero-order valence-electron chi connectivity index (χ0n) is 26.2. The number of aryl methyl sites for hydroxylation is 1. The summed E-state index contributed by atoms with van der Waals surface area (Å²) in [6, 6.07) is 13.8. The predicted molar refractivity (Wildman–Crippen MR) is 177 cm³/mol. The van der Waals surface area contributed by atoms with Crippen LogP contribution >= 0.6 is 11.3 Å². The van der Waals surface area contributed by atoms with Gasteiger partial charge in [-0.15, -0.1) is 11.3 Å². The smallest absolute Gasteiger partial charge is 0.236 e. The third kappa shape index (κ3) is 5.82. The maximum Gasteiger partial charge on any atom is 0.236 e. The molecule has 2 aliphatic rings. The molecule has 0 saturated carbocycles. The van der Waals surface area contributed by atoms with E-state index in [0.29, 0.717) is 59.4 Å². The van der Waals surface area contributed by atoms with Crippen LogP contribution in [0.5, 0.6) is 0 Å². The third-order valence-electron chi connectivity index (χ3n) is 9.44. The number of aliphatic hydroxyl groups excluding tert-OH is 1. The molecule has 3 aromatic heterocycles. The number of rotatable bonds is 7. The van der Waals surface area contributed by atoms with Gasteiger partial charge in [-0.05, 0) is 86.7 Å². The van der Waals surface area contributed by atoms with E-state index in [4.69, 9.17) is 4.98 Å². The molecule has 5 aromatic rings. The molecule has 47 heavy (non-hydrogen) atoms. The molecule has 7 rings (SSSR count). The Hall–Kier alpha value is -4.50. The molecule has 11 heteroatoms. The van der Waals surface area contributed by atoms with Crippen molar-refractivity contribution in [2.75, 3.05) is 32.7 Å². The van der Waals surface area contributed by atoms with Crippen molar-refractivity contribution in [1.29, 1.82) is 5.26 Å². The number of carbonyl (C=O) groups is 1. The number of pyridine rings is 1. The second-order valence-electron chi connectivity index (χ2n) is 12.4. The lowest BCUT2D eigenvalue weighted by Crippen LogP contribution is -2.56. The molecule has 2 aliphatic heterocycles. The Morgan fingerprint density at radius 1 is 1.06 bits per heavy atom. The van der Waals surface area contributed by atoms with Gasteiger partial charge in [0.2, 0.25) is 5.91 Å². The summed E-state index contributed by atoms with van der Waals surface area (Å²) in [7, 11) is 0. The second-order valence-corrected chi connectivity index (χ2v) is 13.3. The van der Waals surface area contributed by atoms with Crippen molar-refractivity contribution < 1.29 is 18.7 Å². The van der Waals surface area contributed by atoms with E-state index in [9.17, 15) is 19.6 Å². The lowest BCUT2D eigenvalue weighted by molar-refractivity contribution is -0.142. The van der Waals surface area contributed by atoms with E-state index >= 15 is 4.39 Å². The fourth-order valence-electron chi connectivity index (χ4n) is 6.72. The minimum absolute atomic E-state index is 0.0789. The van der Waals surface area contributed by atoms with Gasteiger partial charge in [0, 0.05) is 41.4 Å². The van der Waals surface area contributed by atoms with E-state index in [-0.39, 0.29) is 23.4 Å². The van der Waals surface area contributed by atoms with Crippen molar-refractivity contribution in [3.05, 3.63) is 88.1 Å². The molecule has 0 aliphatic carbocycles. The fourth-order valence-corrected chi connectivity index (χ4v) is 7.56. The van der Waals surface area contributed by atoms with Gasteiger partial charge in [0.05, 0.1) is 41.4 Å². The number of β-amino-alcohol motifs (C(OH)–C–C–N with tert-alkyl or cyclic N) is 1. The molecule has 5 heterocycles. The molecule has 0 atom stereocenters. The van der Waals surface area contributed by atoms with Crippen LogP contribution in [-0.2, 0) is 11.2 Å². The van der Waals surface area contributed by atoms with E-state index in [1.165, 1.54) is 35.1 Å². The molecule has 2 fully saturated rings. The summed E-state index contributed by atoms with van der Waals surface area (Å²) < 4.78 is 31.9. The van der Waals surface area contributed by atoms with Gasteiger partial charge >= 0.3 is 0 Å². The van der Waals surface area contributed by atoms with Crippen LogP contribution in [0.2, 0.25) is 0 Å². The first-order valence-electron chi connectivity index (χ1n) is 15.9. The van der Waals surface area contributed by atoms with E-state index in [1.807, 2.05) is 25.1 Å². The number of thiazole rings is 1. The summed E-state index contributed by atoms with van der Waals surface area (Å²) >= 11 is 1.28. The van der Waals surface area contributed by atoms with Gasteiger partial charge in [0.25, 0.3) is 0 Å². The predicted octanol–water partition coefficient (Wildman–Crippen LogP) is 6.20.